The first-order chi connectivity index (χ1) is 9.16. The molecule has 2 aliphatic rings. The van der Waals surface area contributed by atoms with Gasteiger partial charge in [-0.25, -0.2) is 0 Å². The number of ether oxygens (including phenoxy) is 1. The van der Waals surface area contributed by atoms with E-state index < -0.39 is 6.10 Å². The van der Waals surface area contributed by atoms with Crippen LogP contribution in [-0.4, -0.2) is 60.3 Å². The lowest BCUT2D eigenvalue weighted by atomic mass is 10.1. The smallest absolute Gasteiger partial charge is 0.239 e. The average molecular weight is 270 g/mol. The zero-order valence-electron chi connectivity index (χ0n) is 11.1. The topological polar surface area (TPSA) is 78.9 Å². The Morgan fingerprint density at radius 2 is 2.26 bits per heavy atom. The summed E-state index contributed by atoms with van der Waals surface area (Å²) in [6.07, 6.45) is 3.41. The maximum Gasteiger partial charge on any atom is 0.239 e. The standard InChI is InChI=1S/C13H22N2O4/c16-11-9-19-7-5-10(11)14-12(17)8-15-6-3-1-2-4-13(15)18/h10-11,16H,1-9H2,(H,14,17)/t10-,11-/m1/s1. The van der Waals surface area contributed by atoms with Gasteiger partial charge >= 0.3 is 0 Å². The highest BCUT2D eigenvalue weighted by Crippen LogP contribution is 2.11. The van der Waals surface area contributed by atoms with E-state index in [4.69, 9.17) is 4.74 Å². The number of nitrogens with zero attached hydrogens (tertiary/aromatic N) is 1. The van der Waals surface area contributed by atoms with E-state index in [1.165, 1.54) is 0 Å². The summed E-state index contributed by atoms with van der Waals surface area (Å²) < 4.78 is 5.11. The number of hydrogen-bond acceptors (Lipinski definition) is 4. The van der Waals surface area contributed by atoms with Gasteiger partial charge < -0.3 is 20.1 Å². The third-order valence-electron chi connectivity index (χ3n) is 3.68. The molecule has 19 heavy (non-hydrogen) atoms. The minimum atomic E-state index is -0.655. The van der Waals surface area contributed by atoms with Gasteiger partial charge in [-0.15, -0.1) is 0 Å². The number of aliphatic hydroxyl groups excluding tert-OH is 1. The van der Waals surface area contributed by atoms with Gasteiger partial charge in [0, 0.05) is 19.6 Å². The van der Waals surface area contributed by atoms with Gasteiger partial charge in [0.2, 0.25) is 11.8 Å². The lowest BCUT2D eigenvalue weighted by Gasteiger charge is -2.29. The Labute approximate surface area is 113 Å². The van der Waals surface area contributed by atoms with Crippen LogP contribution < -0.4 is 5.32 Å². The summed E-state index contributed by atoms with van der Waals surface area (Å²) in [4.78, 5) is 25.3. The number of likely N-dealkylation sites (tertiary alicyclic amines) is 1. The third-order valence-corrected chi connectivity index (χ3v) is 3.68. The number of carbonyl (C=O) groups excluding carboxylic acids is 2. The van der Waals surface area contributed by atoms with E-state index in [9.17, 15) is 14.7 Å². The molecule has 2 rings (SSSR count). The van der Waals surface area contributed by atoms with Gasteiger partial charge in [-0.3, -0.25) is 9.59 Å². The Morgan fingerprint density at radius 1 is 1.42 bits per heavy atom. The fraction of sp³-hybridized carbons (Fsp3) is 0.846. The second-order valence-electron chi connectivity index (χ2n) is 5.23. The Bertz CT molecular complexity index is 335. The van der Waals surface area contributed by atoms with E-state index in [0.717, 1.165) is 19.3 Å². The quantitative estimate of drug-likeness (QED) is 0.735. The van der Waals surface area contributed by atoms with Gasteiger partial charge in [0.05, 0.1) is 25.3 Å². The first-order valence-corrected chi connectivity index (χ1v) is 7.00. The van der Waals surface area contributed by atoms with Crippen molar-refractivity contribution in [2.75, 3.05) is 26.3 Å². The van der Waals surface area contributed by atoms with Crippen LogP contribution in [0.25, 0.3) is 0 Å². The van der Waals surface area contributed by atoms with Crippen LogP contribution in [0.2, 0.25) is 0 Å². The number of carbonyl (C=O) groups is 2. The molecule has 0 aromatic heterocycles. The molecule has 0 spiro atoms. The zero-order valence-corrected chi connectivity index (χ0v) is 11.1. The molecular weight excluding hydrogens is 248 g/mol. The van der Waals surface area contributed by atoms with Gasteiger partial charge in [-0.2, -0.15) is 0 Å². The molecule has 0 radical (unpaired) electrons. The van der Waals surface area contributed by atoms with Crippen LogP contribution in [0.15, 0.2) is 0 Å². The first kappa shape index (κ1) is 14.3. The van der Waals surface area contributed by atoms with Crippen LogP contribution in [0.4, 0.5) is 0 Å². The van der Waals surface area contributed by atoms with Gasteiger partial charge in [-0.1, -0.05) is 6.42 Å². The van der Waals surface area contributed by atoms with Crippen LogP contribution in [0.3, 0.4) is 0 Å². The first-order valence-electron chi connectivity index (χ1n) is 7.00. The summed E-state index contributed by atoms with van der Waals surface area (Å²) in [7, 11) is 0. The molecule has 2 heterocycles. The Balaban J connectivity index is 1.81. The van der Waals surface area contributed by atoms with Crippen molar-refractivity contribution < 1.29 is 19.4 Å². The van der Waals surface area contributed by atoms with E-state index >= 15 is 0 Å². The lowest BCUT2D eigenvalue weighted by molar-refractivity contribution is -0.136. The molecule has 0 bridgehead atoms. The number of amides is 2. The average Bonchev–Trinajstić information content (AvgIpc) is 2.58. The highest BCUT2D eigenvalue weighted by molar-refractivity contribution is 5.85. The Morgan fingerprint density at radius 3 is 3.05 bits per heavy atom. The molecule has 0 aromatic rings. The van der Waals surface area contributed by atoms with E-state index in [2.05, 4.69) is 5.32 Å². The molecule has 0 aromatic carbocycles. The van der Waals surface area contributed by atoms with Crippen LogP contribution in [0.1, 0.15) is 32.1 Å². The number of aliphatic hydroxyl groups is 1. The normalized spacial score (nSPS) is 28.9. The van der Waals surface area contributed by atoms with E-state index in [-0.39, 0.29) is 31.0 Å². The van der Waals surface area contributed by atoms with Gasteiger partial charge in [0.15, 0.2) is 0 Å². The number of rotatable bonds is 3. The van der Waals surface area contributed by atoms with E-state index in [1.807, 2.05) is 0 Å². The summed E-state index contributed by atoms with van der Waals surface area (Å²) in [5, 5.41) is 12.5. The van der Waals surface area contributed by atoms with Crippen LogP contribution >= 0.6 is 0 Å². The van der Waals surface area contributed by atoms with Gasteiger partial charge in [-0.05, 0) is 19.3 Å². The van der Waals surface area contributed by atoms with Crippen molar-refractivity contribution in [1.29, 1.82) is 0 Å². The fourth-order valence-corrected chi connectivity index (χ4v) is 2.52. The summed E-state index contributed by atoms with van der Waals surface area (Å²) in [6, 6.07) is -0.261. The monoisotopic (exact) mass is 270 g/mol. The molecule has 0 aliphatic carbocycles. The van der Waals surface area contributed by atoms with E-state index in [0.29, 0.717) is 26.0 Å². The minimum Gasteiger partial charge on any atom is -0.389 e. The summed E-state index contributed by atoms with van der Waals surface area (Å²) in [6.45, 7) is 1.56. The fourth-order valence-electron chi connectivity index (χ4n) is 2.52. The molecule has 2 saturated heterocycles. The summed E-state index contributed by atoms with van der Waals surface area (Å²) in [5.41, 5.74) is 0. The molecule has 6 heteroatoms. The summed E-state index contributed by atoms with van der Waals surface area (Å²) >= 11 is 0. The van der Waals surface area contributed by atoms with Crippen LogP contribution in [0, 0.1) is 0 Å². The minimum absolute atomic E-state index is 0.0557. The molecule has 2 fully saturated rings. The van der Waals surface area contributed by atoms with Crippen molar-refractivity contribution in [2.24, 2.45) is 0 Å². The second kappa shape index (κ2) is 6.86. The molecule has 0 unspecified atom stereocenters. The Kier molecular flexibility index (Phi) is 5.15. The van der Waals surface area contributed by atoms with Crippen molar-refractivity contribution in [3.63, 3.8) is 0 Å². The Hall–Kier alpha value is -1.14. The molecule has 2 amide bonds. The molecule has 6 nitrogen and oxygen atoms in total. The third kappa shape index (κ3) is 4.18. The maximum atomic E-state index is 11.9. The highest BCUT2D eigenvalue weighted by Gasteiger charge is 2.26. The van der Waals surface area contributed by atoms with Gasteiger partial charge in [0.25, 0.3) is 0 Å². The van der Waals surface area contributed by atoms with E-state index in [1.54, 1.807) is 4.90 Å². The molecule has 0 saturated carbocycles. The number of nitrogens with one attached hydrogen (secondary N) is 1. The van der Waals surface area contributed by atoms with Crippen LogP contribution in [0.5, 0.6) is 0 Å². The number of hydrogen-bond donors (Lipinski definition) is 2. The highest BCUT2D eigenvalue weighted by atomic mass is 16.5. The molecule has 2 N–H and O–H groups in total. The predicted molar refractivity (Wildman–Crippen MR) is 68.4 cm³/mol. The van der Waals surface area contributed by atoms with Crippen molar-refractivity contribution >= 4 is 11.8 Å². The SMILES string of the molecule is O=C(CN1CCCCCC1=O)N[C@@H]1CCOC[C@H]1O. The van der Waals surface area contributed by atoms with Crippen molar-refractivity contribution in [3.05, 3.63) is 0 Å². The zero-order chi connectivity index (χ0) is 13.7. The van der Waals surface area contributed by atoms with Crippen molar-refractivity contribution in [1.82, 2.24) is 10.2 Å². The molecule has 2 atom stereocenters. The molecule has 108 valence electrons. The van der Waals surface area contributed by atoms with Crippen molar-refractivity contribution in [3.8, 4) is 0 Å². The molecule has 2 aliphatic heterocycles. The predicted octanol–water partition coefficient (Wildman–Crippen LogP) is -0.345. The largest absolute Gasteiger partial charge is 0.389 e. The lowest BCUT2D eigenvalue weighted by Crippen LogP contribution is -2.51. The maximum absolute atomic E-state index is 11.9. The van der Waals surface area contributed by atoms with Gasteiger partial charge in [0.1, 0.15) is 0 Å². The summed E-state index contributed by atoms with van der Waals surface area (Å²) in [5.74, 6) is -0.138. The van der Waals surface area contributed by atoms with Crippen LogP contribution in [-0.2, 0) is 14.3 Å². The second-order valence-corrected chi connectivity index (χ2v) is 5.23. The van der Waals surface area contributed by atoms with Crippen molar-refractivity contribution in [2.45, 2.75) is 44.2 Å². The molecular formula is C13H22N2O4.